The molecule has 4 aliphatic carbocycles. The van der Waals surface area contributed by atoms with E-state index in [1.807, 2.05) is 13.8 Å². The first-order chi connectivity index (χ1) is 13.6. The van der Waals surface area contributed by atoms with Gasteiger partial charge in [-0.1, -0.05) is 19.9 Å². The van der Waals surface area contributed by atoms with Crippen LogP contribution >= 0.6 is 0 Å². The number of carbonyl (C=O) groups is 3. The minimum atomic E-state index is -1.22. The summed E-state index contributed by atoms with van der Waals surface area (Å²) < 4.78 is 20.2. The molecule has 0 aliphatic heterocycles. The lowest BCUT2D eigenvalue weighted by Gasteiger charge is -2.59. The number of esters is 1. The van der Waals surface area contributed by atoms with E-state index in [9.17, 15) is 19.5 Å². The van der Waals surface area contributed by atoms with Crippen molar-refractivity contribution in [2.45, 2.75) is 58.7 Å². The zero-order chi connectivity index (χ0) is 21.1. The molecule has 3 unspecified atom stereocenters. The lowest BCUT2D eigenvalue weighted by Crippen LogP contribution is -2.58. The number of alkyl halides is 1. The van der Waals surface area contributed by atoms with Crippen molar-refractivity contribution < 1.29 is 28.6 Å². The Morgan fingerprint density at radius 1 is 1.31 bits per heavy atom. The average Bonchev–Trinajstić information content (AvgIpc) is 2.97. The van der Waals surface area contributed by atoms with Crippen molar-refractivity contribution in [3.63, 3.8) is 0 Å². The molecule has 0 spiro atoms. The molecule has 158 valence electrons. The average molecular weight is 404 g/mol. The minimum absolute atomic E-state index is 0.0646. The van der Waals surface area contributed by atoms with Crippen molar-refractivity contribution in [1.82, 2.24) is 0 Å². The normalized spacial score (nSPS) is 45.7. The molecule has 29 heavy (non-hydrogen) atoms. The molecule has 0 radical (unpaired) electrons. The molecule has 3 saturated carbocycles. The van der Waals surface area contributed by atoms with Crippen molar-refractivity contribution in [2.24, 2.45) is 34.5 Å². The van der Waals surface area contributed by atoms with Crippen LogP contribution in [0.2, 0.25) is 0 Å². The minimum Gasteiger partial charge on any atom is -0.458 e. The van der Waals surface area contributed by atoms with Crippen LogP contribution in [0.3, 0.4) is 0 Å². The van der Waals surface area contributed by atoms with Crippen LogP contribution in [0.15, 0.2) is 23.8 Å². The van der Waals surface area contributed by atoms with Gasteiger partial charge < -0.3 is 9.84 Å². The van der Waals surface area contributed by atoms with Crippen LogP contribution in [0.25, 0.3) is 0 Å². The molecule has 6 heteroatoms. The molecule has 0 amide bonds. The van der Waals surface area contributed by atoms with E-state index in [1.54, 1.807) is 6.08 Å². The molecule has 3 fully saturated rings. The van der Waals surface area contributed by atoms with E-state index in [4.69, 9.17) is 4.74 Å². The highest BCUT2D eigenvalue weighted by Crippen LogP contribution is 2.66. The second-order valence-corrected chi connectivity index (χ2v) is 9.77. The predicted molar refractivity (Wildman–Crippen MR) is 103 cm³/mol. The van der Waals surface area contributed by atoms with Gasteiger partial charge in [0, 0.05) is 24.2 Å². The van der Waals surface area contributed by atoms with Gasteiger partial charge >= 0.3 is 5.97 Å². The van der Waals surface area contributed by atoms with Crippen LogP contribution in [-0.2, 0) is 19.1 Å². The second kappa shape index (κ2) is 6.86. The largest absolute Gasteiger partial charge is 0.458 e. The topological polar surface area (TPSA) is 80.7 Å². The van der Waals surface area contributed by atoms with Gasteiger partial charge in [-0.2, -0.15) is 0 Å². The number of aliphatic hydroxyl groups excluding tert-OH is 1. The summed E-state index contributed by atoms with van der Waals surface area (Å²) in [6, 6.07) is 0. The van der Waals surface area contributed by atoms with Gasteiger partial charge in [-0.05, 0) is 60.7 Å². The van der Waals surface area contributed by atoms with Gasteiger partial charge in [0.25, 0.3) is 0 Å². The summed E-state index contributed by atoms with van der Waals surface area (Å²) in [7, 11) is 0. The number of carbonyl (C=O) groups excluding carboxylic acids is 3. The van der Waals surface area contributed by atoms with Crippen LogP contribution in [-0.4, -0.2) is 41.5 Å². The molecule has 0 bridgehead atoms. The van der Waals surface area contributed by atoms with Crippen LogP contribution in [0, 0.1) is 34.5 Å². The highest BCUT2D eigenvalue weighted by molar-refractivity contribution is 6.01. The maximum Gasteiger partial charge on any atom is 0.303 e. The quantitative estimate of drug-likeness (QED) is 0.732. The zero-order valence-electron chi connectivity index (χ0n) is 17.2. The number of hydrogen-bond acceptors (Lipinski definition) is 5. The van der Waals surface area contributed by atoms with E-state index in [0.717, 1.165) is 6.42 Å². The van der Waals surface area contributed by atoms with Crippen molar-refractivity contribution in [2.75, 3.05) is 6.61 Å². The maximum atomic E-state index is 15.2. The molecule has 4 rings (SSSR count). The zero-order valence-corrected chi connectivity index (χ0v) is 17.2. The van der Waals surface area contributed by atoms with Crippen LogP contribution in [0.4, 0.5) is 4.39 Å². The number of hydrogen-bond donors (Lipinski definition) is 1. The molecule has 0 saturated heterocycles. The van der Waals surface area contributed by atoms with Crippen molar-refractivity contribution >= 4 is 17.5 Å². The fraction of sp³-hybridized carbons (Fsp3) is 0.696. The van der Waals surface area contributed by atoms with Gasteiger partial charge in [0.2, 0.25) is 0 Å². The Hall–Kier alpha value is -1.82. The number of ether oxygens (including phenoxy) is 1. The third kappa shape index (κ3) is 3.02. The summed E-state index contributed by atoms with van der Waals surface area (Å²) >= 11 is 0. The van der Waals surface area contributed by atoms with E-state index in [-0.39, 0.29) is 48.3 Å². The van der Waals surface area contributed by atoms with E-state index < -0.39 is 29.1 Å². The number of aliphatic hydroxyl groups is 1. The van der Waals surface area contributed by atoms with Crippen molar-refractivity contribution in [1.29, 1.82) is 0 Å². The summed E-state index contributed by atoms with van der Waals surface area (Å²) in [6.45, 7) is 4.99. The summed E-state index contributed by atoms with van der Waals surface area (Å²) in [5, 5.41) is 11.2. The van der Waals surface area contributed by atoms with Crippen LogP contribution in [0.5, 0.6) is 0 Å². The van der Waals surface area contributed by atoms with Crippen molar-refractivity contribution in [3.8, 4) is 0 Å². The molecule has 5 nitrogen and oxygen atoms in total. The second-order valence-electron chi connectivity index (χ2n) is 9.77. The van der Waals surface area contributed by atoms with Gasteiger partial charge in [-0.25, -0.2) is 4.39 Å². The molecule has 0 heterocycles. The summed E-state index contributed by atoms with van der Waals surface area (Å²) in [5.74, 6) is -1.22. The Kier molecular flexibility index (Phi) is 4.84. The number of rotatable bonds is 3. The lowest BCUT2D eigenvalue weighted by atomic mass is 9.46. The molecule has 0 aromatic rings. The SMILES string of the molecule is CC(=O)OCC(=O)[C@H]1CCC2C3C[C@H](F)C4=CC(=O)C=C[C@]4(C)C3[C@@H](O)C[C@@]21C. The highest BCUT2D eigenvalue weighted by atomic mass is 19.1. The third-order valence-corrected chi connectivity index (χ3v) is 8.28. The van der Waals surface area contributed by atoms with E-state index in [2.05, 4.69) is 0 Å². The third-order valence-electron chi connectivity index (χ3n) is 8.28. The van der Waals surface area contributed by atoms with Gasteiger partial charge in [-0.3, -0.25) is 14.4 Å². The summed E-state index contributed by atoms with van der Waals surface area (Å²) in [5.41, 5.74) is -0.644. The van der Waals surface area contributed by atoms with E-state index in [0.29, 0.717) is 18.4 Å². The lowest BCUT2D eigenvalue weighted by molar-refractivity contribution is -0.153. The molecule has 8 atom stereocenters. The smallest absolute Gasteiger partial charge is 0.303 e. The van der Waals surface area contributed by atoms with E-state index >= 15 is 4.39 Å². The number of fused-ring (bicyclic) bond motifs is 5. The summed E-state index contributed by atoms with van der Waals surface area (Å²) in [6.07, 6.45) is 4.95. The van der Waals surface area contributed by atoms with E-state index in [1.165, 1.54) is 19.1 Å². The molecular weight excluding hydrogens is 375 g/mol. The summed E-state index contributed by atoms with van der Waals surface area (Å²) in [4.78, 5) is 35.7. The Morgan fingerprint density at radius 3 is 2.72 bits per heavy atom. The number of allylic oxidation sites excluding steroid dienone is 4. The number of halogens is 1. The fourth-order valence-corrected chi connectivity index (χ4v) is 7.14. The first-order valence-electron chi connectivity index (χ1n) is 10.5. The maximum absolute atomic E-state index is 15.2. The Morgan fingerprint density at radius 2 is 2.03 bits per heavy atom. The first kappa shape index (κ1) is 20.5. The highest BCUT2D eigenvalue weighted by Gasteiger charge is 2.64. The van der Waals surface area contributed by atoms with Crippen LogP contribution in [0.1, 0.15) is 46.5 Å². The standard InChI is InChI=1S/C23H29FO5/c1-12(25)29-11-20(28)16-5-4-15-14-9-18(24)17-8-13(26)6-7-22(17,2)21(14)19(27)10-23(15,16)3/h6-8,14-16,18-19,21,27H,4-5,9-11H2,1-3H3/t14?,15?,16-,18+,19+,21?,22+,23+/m1/s1. The van der Waals surface area contributed by atoms with Gasteiger partial charge in [0.05, 0.1) is 6.10 Å². The monoisotopic (exact) mass is 404 g/mol. The molecule has 4 aliphatic rings. The van der Waals surface area contributed by atoms with Gasteiger partial charge in [-0.15, -0.1) is 0 Å². The first-order valence-corrected chi connectivity index (χ1v) is 10.5. The number of ketones is 2. The number of Topliss-reactive ketones (excluding diaryl/α,β-unsaturated/α-hetero) is 1. The molecular formula is C23H29FO5. The fourth-order valence-electron chi connectivity index (χ4n) is 7.14. The molecule has 1 N–H and O–H groups in total. The molecule has 0 aromatic heterocycles. The Labute approximate surface area is 170 Å². The Bertz CT molecular complexity index is 816. The van der Waals surface area contributed by atoms with Crippen LogP contribution < -0.4 is 0 Å². The van der Waals surface area contributed by atoms with Gasteiger partial charge in [0.1, 0.15) is 12.8 Å². The van der Waals surface area contributed by atoms with Gasteiger partial charge in [0.15, 0.2) is 11.6 Å². The predicted octanol–water partition coefficient (Wildman–Crippen LogP) is 2.96. The Balaban J connectivity index is 1.65. The molecule has 0 aromatic carbocycles. The van der Waals surface area contributed by atoms with Crippen molar-refractivity contribution in [3.05, 3.63) is 23.8 Å².